The third-order valence-corrected chi connectivity index (χ3v) is 0.589. The van der Waals surface area contributed by atoms with Gasteiger partial charge in [0.15, 0.2) is 0 Å². The second-order valence-corrected chi connectivity index (χ2v) is 1.16. The van der Waals surface area contributed by atoms with E-state index in [9.17, 15) is 0 Å². The molecule has 0 bridgehead atoms. The molecule has 0 aliphatic rings. The first-order chi connectivity index (χ1) is 2.89. The van der Waals surface area contributed by atoms with Crippen molar-refractivity contribution >= 4 is 0 Å². The van der Waals surface area contributed by atoms with E-state index in [1.807, 2.05) is 6.92 Å². The van der Waals surface area contributed by atoms with Crippen LogP contribution in [0.25, 0.3) is 0 Å². The number of imidazole rings is 1. The van der Waals surface area contributed by atoms with Gasteiger partial charge >= 0.3 is 68.9 Å². The molecule has 0 aliphatic carbocycles. The Hall–Kier alpha value is 1.26. The molecule has 0 fully saturated rings. The predicted octanol–water partition coefficient (Wildman–Crippen LogP) is -2.65. The van der Waals surface area contributed by atoms with Crippen molar-refractivity contribution in [2.75, 3.05) is 0 Å². The van der Waals surface area contributed by atoms with Crippen LogP contribution in [0.1, 0.15) is 5.69 Å². The SMILES string of the molecule is Cc1cnc[n-]1.[Cs+]. The van der Waals surface area contributed by atoms with E-state index in [4.69, 9.17) is 0 Å². The summed E-state index contributed by atoms with van der Waals surface area (Å²) >= 11 is 0. The van der Waals surface area contributed by atoms with Crippen molar-refractivity contribution in [3.63, 3.8) is 0 Å². The van der Waals surface area contributed by atoms with Crippen LogP contribution in [-0.2, 0) is 0 Å². The molecule has 0 unspecified atom stereocenters. The summed E-state index contributed by atoms with van der Waals surface area (Å²) in [4.78, 5) is 7.52. The Morgan fingerprint density at radius 2 is 2.43 bits per heavy atom. The van der Waals surface area contributed by atoms with Crippen molar-refractivity contribution in [2.24, 2.45) is 0 Å². The third kappa shape index (κ3) is 2.95. The van der Waals surface area contributed by atoms with Crippen molar-refractivity contribution in [3.8, 4) is 0 Å². The molecule has 0 saturated heterocycles. The van der Waals surface area contributed by atoms with Crippen LogP contribution in [0.4, 0.5) is 0 Å². The number of aryl methyl sites for hydroxylation is 1. The van der Waals surface area contributed by atoms with E-state index in [1.54, 1.807) is 6.20 Å². The van der Waals surface area contributed by atoms with E-state index in [1.165, 1.54) is 6.33 Å². The number of hydrogen-bond donors (Lipinski definition) is 0. The summed E-state index contributed by atoms with van der Waals surface area (Å²) in [6, 6.07) is 0. The van der Waals surface area contributed by atoms with Crippen LogP contribution in [0.2, 0.25) is 0 Å². The predicted molar refractivity (Wildman–Crippen MR) is 22.3 cm³/mol. The summed E-state index contributed by atoms with van der Waals surface area (Å²) in [5, 5.41) is 0. The molecule has 0 radical (unpaired) electrons. The Bertz CT molecular complexity index is 113. The van der Waals surface area contributed by atoms with Crippen LogP contribution in [0.15, 0.2) is 12.5 Å². The molecule has 0 amide bonds. The molecule has 2 nitrogen and oxygen atoms in total. The molecule has 0 atom stereocenters. The molecule has 7 heavy (non-hydrogen) atoms. The van der Waals surface area contributed by atoms with Crippen molar-refractivity contribution in [1.29, 1.82) is 0 Å². The van der Waals surface area contributed by atoms with Crippen molar-refractivity contribution in [2.45, 2.75) is 6.92 Å². The quantitative estimate of drug-likeness (QED) is 0.471. The van der Waals surface area contributed by atoms with E-state index < -0.39 is 0 Å². The number of rotatable bonds is 0. The first-order valence-corrected chi connectivity index (χ1v) is 1.79. The molecular formula is C4H5CsN2. The van der Waals surface area contributed by atoms with E-state index in [0.717, 1.165) is 5.69 Å². The summed E-state index contributed by atoms with van der Waals surface area (Å²) < 4.78 is 0. The first kappa shape index (κ1) is 8.26. The van der Waals surface area contributed by atoms with Gasteiger partial charge in [-0.05, 0) is 6.92 Å². The van der Waals surface area contributed by atoms with Crippen LogP contribution < -0.4 is 73.9 Å². The van der Waals surface area contributed by atoms with Gasteiger partial charge < -0.3 is 9.97 Å². The normalized spacial score (nSPS) is 7.57. The molecule has 0 aromatic carbocycles. The maximum atomic E-state index is 3.81. The molecule has 32 valence electrons. The molecule has 1 aromatic heterocycles. The standard InChI is InChI=1S/C4H5N2.Cs/c1-4-2-5-3-6-4;/h2-3H,1H3;/q-1;+1. The second-order valence-electron chi connectivity index (χ2n) is 1.16. The fraction of sp³-hybridized carbons (Fsp3) is 0.250. The Balaban J connectivity index is 0.000000360. The van der Waals surface area contributed by atoms with Gasteiger partial charge in [0.05, 0.1) is 0 Å². The van der Waals surface area contributed by atoms with Crippen LogP contribution >= 0.6 is 0 Å². The van der Waals surface area contributed by atoms with Crippen molar-refractivity contribution in [3.05, 3.63) is 18.2 Å². The number of aromatic nitrogens is 2. The Morgan fingerprint density at radius 3 is 2.57 bits per heavy atom. The average molecular weight is 214 g/mol. The Kier molecular flexibility index (Phi) is 4.92. The van der Waals surface area contributed by atoms with Crippen LogP contribution in [0.5, 0.6) is 0 Å². The summed E-state index contributed by atoms with van der Waals surface area (Å²) in [5.41, 5.74) is 0.981. The largest absolute Gasteiger partial charge is 1.00 e. The van der Waals surface area contributed by atoms with Gasteiger partial charge in [-0.2, -0.15) is 0 Å². The number of nitrogens with zero attached hydrogens (tertiary/aromatic N) is 2. The molecule has 1 heterocycles. The van der Waals surface area contributed by atoms with Gasteiger partial charge in [0.1, 0.15) is 0 Å². The number of hydrogen-bond acceptors (Lipinski definition) is 1. The summed E-state index contributed by atoms with van der Waals surface area (Å²) in [6.45, 7) is 1.91. The third-order valence-electron chi connectivity index (χ3n) is 0.589. The minimum absolute atomic E-state index is 0. The monoisotopic (exact) mass is 214 g/mol. The zero-order chi connectivity index (χ0) is 4.41. The fourth-order valence-corrected chi connectivity index (χ4v) is 0.299. The Labute approximate surface area is 102 Å². The average Bonchev–Trinajstić information content (AvgIpc) is 1.86. The molecule has 0 N–H and O–H groups in total. The van der Waals surface area contributed by atoms with Gasteiger partial charge in [0, 0.05) is 0 Å². The minimum atomic E-state index is 0. The maximum Gasteiger partial charge on any atom is 1.00 e. The molecule has 0 aliphatic heterocycles. The van der Waals surface area contributed by atoms with Gasteiger partial charge in [-0.1, -0.05) is 18.2 Å². The van der Waals surface area contributed by atoms with Gasteiger partial charge in [0.2, 0.25) is 0 Å². The maximum absolute atomic E-state index is 3.81. The zero-order valence-corrected chi connectivity index (χ0v) is 10.8. The summed E-state index contributed by atoms with van der Waals surface area (Å²) in [7, 11) is 0. The van der Waals surface area contributed by atoms with Crippen LogP contribution in [0, 0.1) is 6.92 Å². The van der Waals surface area contributed by atoms with Gasteiger partial charge in [-0.3, -0.25) is 0 Å². The smallest absolute Gasteiger partial charge is 0.450 e. The summed E-state index contributed by atoms with van der Waals surface area (Å²) in [6.07, 6.45) is 3.26. The van der Waals surface area contributed by atoms with Gasteiger partial charge in [-0.25, -0.2) is 0 Å². The van der Waals surface area contributed by atoms with E-state index in [0.29, 0.717) is 0 Å². The molecule has 1 aromatic rings. The fourth-order valence-electron chi connectivity index (χ4n) is 0.299. The van der Waals surface area contributed by atoms with Crippen LogP contribution in [0.3, 0.4) is 0 Å². The zero-order valence-electron chi connectivity index (χ0n) is 4.55. The van der Waals surface area contributed by atoms with E-state index in [2.05, 4.69) is 9.97 Å². The van der Waals surface area contributed by atoms with E-state index in [-0.39, 0.29) is 68.9 Å². The molecular weight excluding hydrogens is 209 g/mol. The molecule has 0 spiro atoms. The van der Waals surface area contributed by atoms with Gasteiger partial charge in [-0.15, -0.1) is 0 Å². The molecule has 3 heteroatoms. The van der Waals surface area contributed by atoms with Crippen molar-refractivity contribution in [1.82, 2.24) is 9.97 Å². The molecule has 0 saturated carbocycles. The van der Waals surface area contributed by atoms with Gasteiger partial charge in [0.25, 0.3) is 0 Å². The molecule has 1 rings (SSSR count). The topological polar surface area (TPSA) is 27.0 Å². The Morgan fingerprint density at radius 1 is 1.71 bits per heavy atom. The van der Waals surface area contributed by atoms with E-state index >= 15 is 0 Å². The van der Waals surface area contributed by atoms with Crippen molar-refractivity contribution < 1.29 is 68.9 Å². The first-order valence-electron chi connectivity index (χ1n) is 1.79. The summed E-state index contributed by atoms with van der Waals surface area (Å²) in [5.74, 6) is 0. The van der Waals surface area contributed by atoms with Crippen LogP contribution in [-0.4, -0.2) is 4.98 Å². The minimum Gasteiger partial charge on any atom is -0.450 e. The second kappa shape index (κ2) is 4.17.